The topological polar surface area (TPSA) is 75.7 Å². The van der Waals surface area contributed by atoms with E-state index >= 15 is 0 Å². The second kappa shape index (κ2) is 9.50. The van der Waals surface area contributed by atoms with Crippen LogP contribution in [0.1, 0.15) is 58.9 Å². The number of allylic oxidation sites excluding steroid dienone is 1. The number of thiophene rings is 1. The monoisotopic (exact) mass is 486 g/mol. The van der Waals surface area contributed by atoms with Gasteiger partial charge in [-0.3, -0.25) is 14.5 Å². The number of anilines is 2. The Bertz CT molecular complexity index is 1310. The molecule has 2 atom stereocenters. The number of ether oxygens (including phenoxy) is 1. The molecule has 3 aromatic rings. The number of ketones is 1. The molecule has 2 aromatic carbocycles. The summed E-state index contributed by atoms with van der Waals surface area (Å²) in [6, 6.07) is 18.1. The maximum atomic E-state index is 13.8. The fourth-order valence-corrected chi connectivity index (χ4v) is 5.83. The molecule has 0 saturated heterocycles. The Morgan fingerprint density at radius 3 is 2.51 bits per heavy atom. The molecule has 0 unspecified atom stereocenters. The van der Waals surface area contributed by atoms with E-state index in [1.807, 2.05) is 54.8 Å². The van der Waals surface area contributed by atoms with Crippen molar-refractivity contribution in [2.24, 2.45) is 0 Å². The number of nitrogens with zero attached hydrogens (tertiary/aromatic N) is 1. The molecule has 35 heavy (non-hydrogen) atoms. The minimum Gasteiger partial charge on any atom is -0.465 e. The number of hydrogen-bond acceptors (Lipinski definition) is 6. The summed E-state index contributed by atoms with van der Waals surface area (Å²) < 4.78 is 4.84. The zero-order valence-corrected chi connectivity index (χ0v) is 20.4. The summed E-state index contributed by atoms with van der Waals surface area (Å²) >= 11 is 1.66. The summed E-state index contributed by atoms with van der Waals surface area (Å²) in [5.41, 5.74) is 4.18. The highest BCUT2D eigenvalue weighted by Gasteiger charge is 2.41. The van der Waals surface area contributed by atoms with Gasteiger partial charge < -0.3 is 10.1 Å². The quantitative estimate of drug-likeness (QED) is 0.469. The Labute approximate surface area is 208 Å². The van der Waals surface area contributed by atoms with Gasteiger partial charge in [0.05, 0.1) is 30.1 Å². The fourth-order valence-electron chi connectivity index (χ4n) is 5.00. The third kappa shape index (κ3) is 4.17. The standard InChI is InChI=1S/C28H26N2O4S/c1-3-25(32)30-22-8-5-4-7-20(22)29-21-15-19(24-9-6-14-35-24)16-23(31)26(21)27(30)17-10-12-18(13-11-17)28(33)34-2/h4-14,19,27,29H,3,15-16H2,1-2H3/t19-,27-/m1/s1. The van der Waals surface area contributed by atoms with Gasteiger partial charge in [0.25, 0.3) is 0 Å². The number of benzene rings is 2. The molecule has 1 aliphatic heterocycles. The number of para-hydroxylation sites is 2. The summed E-state index contributed by atoms with van der Waals surface area (Å²) in [5, 5.41) is 5.56. The maximum absolute atomic E-state index is 13.8. The van der Waals surface area contributed by atoms with E-state index < -0.39 is 12.0 Å². The highest BCUT2D eigenvalue weighted by Crippen LogP contribution is 2.48. The van der Waals surface area contributed by atoms with Crippen LogP contribution in [0.15, 0.2) is 77.3 Å². The molecule has 1 aromatic heterocycles. The van der Waals surface area contributed by atoms with E-state index in [-0.39, 0.29) is 17.6 Å². The number of carbonyl (C=O) groups excluding carboxylic acids is 3. The first kappa shape index (κ1) is 23.1. The van der Waals surface area contributed by atoms with E-state index in [0.29, 0.717) is 30.4 Å². The molecule has 0 fully saturated rings. The third-order valence-electron chi connectivity index (χ3n) is 6.65. The molecule has 0 spiro atoms. The van der Waals surface area contributed by atoms with Crippen LogP contribution in [0.25, 0.3) is 0 Å². The first-order valence-corrected chi connectivity index (χ1v) is 12.6. The maximum Gasteiger partial charge on any atom is 0.337 e. The number of amides is 1. The van der Waals surface area contributed by atoms with Crippen LogP contribution in [0.2, 0.25) is 0 Å². The normalized spacial score (nSPS) is 19.4. The van der Waals surface area contributed by atoms with Crippen molar-refractivity contribution in [3.63, 3.8) is 0 Å². The molecule has 1 N–H and O–H groups in total. The highest BCUT2D eigenvalue weighted by atomic mass is 32.1. The number of nitrogens with one attached hydrogen (secondary N) is 1. The summed E-state index contributed by atoms with van der Waals surface area (Å²) in [6.07, 6.45) is 1.36. The van der Waals surface area contributed by atoms with E-state index in [1.54, 1.807) is 28.4 Å². The van der Waals surface area contributed by atoms with Gasteiger partial charge in [-0.2, -0.15) is 0 Å². The molecule has 5 rings (SSSR count). The zero-order chi connectivity index (χ0) is 24.5. The Morgan fingerprint density at radius 1 is 1.06 bits per heavy atom. The van der Waals surface area contributed by atoms with Crippen molar-refractivity contribution in [2.45, 2.75) is 38.1 Å². The van der Waals surface area contributed by atoms with Gasteiger partial charge in [-0.1, -0.05) is 37.3 Å². The molecule has 1 amide bonds. The number of hydrogen-bond donors (Lipinski definition) is 1. The van der Waals surface area contributed by atoms with Crippen molar-refractivity contribution in [3.8, 4) is 0 Å². The van der Waals surface area contributed by atoms with Gasteiger partial charge >= 0.3 is 5.97 Å². The Balaban J connectivity index is 1.69. The molecule has 2 aliphatic rings. The lowest BCUT2D eigenvalue weighted by Crippen LogP contribution is -2.38. The minimum atomic E-state index is -0.600. The first-order chi connectivity index (χ1) is 17.0. The molecule has 0 saturated carbocycles. The van der Waals surface area contributed by atoms with E-state index in [9.17, 15) is 14.4 Å². The molecule has 2 heterocycles. The smallest absolute Gasteiger partial charge is 0.337 e. The lowest BCUT2D eigenvalue weighted by Gasteiger charge is -2.35. The van der Waals surface area contributed by atoms with Crippen LogP contribution in [0.4, 0.5) is 11.4 Å². The van der Waals surface area contributed by atoms with E-state index in [0.717, 1.165) is 22.6 Å². The second-order valence-electron chi connectivity index (χ2n) is 8.71. The average molecular weight is 487 g/mol. The van der Waals surface area contributed by atoms with Gasteiger partial charge in [-0.05, 0) is 47.7 Å². The molecular formula is C28H26N2O4S. The van der Waals surface area contributed by atoms with Crippen LogP contribution in [0.3, 0.4) is 0 Å². The second-order valence-corrected chi connectivity index (χ2v) is 9.69. The van der Waals surface area contributed by atoms with Gasteiger partial charge in [0.2, 0.25) is 5.91 Å². The van der Waals surface area contributed by atoms with Crippen LogP contribution in [-0.4, -0.2) is 24.8 Å². The van der Waals surface area contributed by atoms with Gasteiger partial charge in [-0.15, -0.1) is 11.3 Å². The highest BCUT2D eigenvalue weighted by molar-refractivity contribution is 7.10. The van der Waals surface area contributed by atoms with Crippen molar-refractivity contribution in [1.29, 1.82) is 0 Å². The molecule has 7 heteroatoms. The average Bonchev–Trinajstić information content (AvgIpc) is 3.38. The van der Waals surface area contributed by atoms with Crippen LogP contribution >= 0.6 is 11.3 Å². The van der Waals surface area contributed by atoms with Crippen LogP contribution in [0.5, 0.6) is 0 Å². The number of Topliss-reactive ketones (excluding diaryl/α,β-unsaturated/α-hetero) is 1. The Hall–Kier alpha value is -3.71. The van der Waals surface area contributed by atoms with Crippen molar-refractivity contribution < 1.29 is 19.1 Å². The fraction of sp³-hybridized carbons (Fsp3) is 0.250. The van der Waals surface area contributed by atoms with Crippen molar-refractivity contribution in [3.05, 3.63) is 93.3 Å². The van der Waals surface area contributed by atoms with E-state index in [2.05, 4.69) is 11.4 Å². The Kier molecular flexibility index (Phi) is 6.26. The zero-order valence-electron chi connectivity index (χ0n) is 19.6. The van der Waals surface area contributed by atoms with Gasteiger partial charge in [0.15, 0.2) is 5.78 Å². The van der Waals surface area contributed by atoms with Gasteiger partial charge in [-0.25, -0.2) is 4.79 Å². The summed E-state index contributed by atoms with van der Waals surface area (Å²) in [5.74, 6) is -0.390. The summed E-state index contributed by atoms with van der Waals surface area (Å²) in [6.45, 7) is 1.82. The SMILES string of the molecule is CCC(=O)N1c2ccccc2NC2=C(C(=O)C[C@H](c3cccs3)C2)[C@H]1c1ccc(C(=O)OC)cc1. The molecule has 0 bridgehead atoms. The predicted octanol–water partition coefficient (Wildman–Crippen LogP) is 5.85. The Morgan fingerprint density at radius 2 is 1.83 bits per heavy atom. The largest absolute Gasteiger partial charge is 0.465 e. The van der Waals surface area contributed by atoms with Crippen molar-refractivity contribution >= 4 is 40.4 Å². The molecule has 1 aliphatic carbocycles. The third-order valence-corrected chi connectivity index (χ3v) is 7.69. The number of fused-ring (bicyclic) bond motifs is 1. The lowest BCUT2D eigenvalue weighted by atomic mass is 9.80. The number of carbonyl (C=O) groups is 3. The van der Waals surface area contributed by atoms with Crippen LogP contribution in [0, 0.1) is 0 Å². The van der Waals surface area contributed by atoms with Gasteiger partial charge in [0, 0.05) is 34.9 Å². The van der Waals surface area contributed by atoms with E-state index in [1.165, 1.54) is 12.0 Å². The molecule has 6 nitrogen and oxygen atoms in total. The van der Waals surface area contributed by atoms with E-state index in [4.69, 9.17) is 4.74 Å². The lowest BCUT2D eigenvalue weighted by molar-refractivity contribution is -0.119. The first-order valence-electron chi connectivity index (χ1n) is 11.7. The number of rotatable bonds is 4. The van der Waals surface area contributed by atoms with Crippen molar-refractivity contribution in [2.75, 3.05) is 17.3 Å². The molecule has 0 radical (unpaired) electrons. The predicted molar refractivity (Wildman–Crippen MR) is 137 cm³/mol. The van der Waals surface area contributed by atoms with Crippen LogP contribution in [-0.2, 0) is 14.3 Å². The van der Waals surface area contributed by atoms with Crippen LogP contribution < -0.4 is 10.2 Å². The summed E-state index contributed by atoms with van der Waals surface area (Å²) in [4.78, 5) is 42.1. The molecule has 178 valence electrons. The molecular weight excluding hydrogens is 460 g/mol. The minimum absolute atomic E-state index is 0.0286. The van der Waals surface area contributed by atoms with Gasteiger partial charge in [0.1, 0.15) is 0 Å². The number of methoxy groups -OCH3 is 1. The number of esters is 1. The van der Waals surface area contributed by atoms with Crippen molar-refractivity contribution in [1.82, 2.24) is 0 Å². The summed E-state index contributed by atoms with van der Waals surface area (Å²) in [7, 11) is 1.34.